The van der Waals surface area contributed by atoms with Gasteiger partial charge < -0.3 is 10.5 Å². The summed E-state index contributed by atoms with van der Waals surface area (Å²) in [6, 6.07) is 0. The summed E-state index contributed by atoms with van der Waals surface area (Å²) >= 11 is 0. The first-order chi connectivity index (χ1) is 8.08. The highest BCUT2D eigenvalue weighted by molar-refractivity contribution is 6.03. The summed E-state index contributed by atoms with van der Waals surface area (Å²) in [6.07, 6.45) is 2.61. The lowest BCUT2D eigenvalue weighted by atomic mass is 9.92. The van der Waals surface area contributed by atoms with Gasteiger partial charge >= 0.3 is 0 Å². The Morgan fingerprint density at radius 1 is 1.24 bits per heavy atom. The van der Waals surface area contributed by atoms with Crippen LogP contribution in [-0.4, -0.2) is 41.0 Å². The molecule has 2 aliphatic heterocycles. The Labute approximate surface area is 100 Å². The van der Waals surface area contributed by atoms with E-state index in [1.165, 1.54) is 4.90 Å². The van der Waals surface area contributed by atoms with Crippen molar-refractivity contribution in [3.63, 3.8) is 0 Å². The number of nitrogens with zero attached hydrogens (tertiary/aromatic N) is 1. The maximum absolute atomic E-state index is 12.3. The van der Waals surface area contributed by atoms with Gasteiger partial charge in [-0.05, 0) is 38.5 Å². The number of morpholine rings is 1. The molecule has 2 N–H and O–H groups in total. The summed E-state index contributed by atoms with van der Waals surface area (Å²) in [7, 11) is 0. The summed E-state index contributed by atoms with van der Waals surface area (Å²) in [5, 5.41) is 0. The van der Waals surface area contributed by atoms with Gasteiger partial charge in [0.25, 0.3) is 11.8 Å². The van der Waals surface area contributed by atoms with Crippen LogP contribution in [0.1, 0.15) is 32.6 Å². The van der Waals surface area contributed by atoms with Crippen LogP contribution >= 0.6 is 0 Å². The largest absolute Gasteiger partial charge is 0.355 e. The first kappa shape index (κ1) is 11.2. The van der Waals surface area contributed by atoms with Gasteiger partial charge in [0, 0.05) is 6.54 Å². The second-order valence-corrected chi connectivity index (χ2v) is 5.54. The lowest BCUT2D eigenvalue weighted by Gasteiger charge is -2.43. The third kappa shape index (κ3) is 1.45. The van der Waals surface area contributed by atoms with E-state index in [-0.39, 0.29) is 11.8 Å². The molecule has 0 spiro atoms. The summed E-state index contributed by atoms with van der Waals surface area (Å²) in [6.45, 7) is 2.28. The topological polar surface area (TPSA) is 72.6 Å². The van der Waals surface area contributed by atoms with E-state index in [1.54, 1.807) is 0 Å². The molecule has 3 atom stereocenters. The fourth-order valence-corrected chi connectivity index (χ4v) is 3.05. The Morgan fingerprint density at radius 2 is 1.76 bits per heavy atom. The Kier molecular flexibility index (Phi) is 2.32. The maximum atomic E-state index is 12.3. The standard InChI is InChI=1S/C12H18N2O3/c1-12(6-13,7-2-3-7)14-10(15)8-4-5-9(17-8)11(14)16/h7-9H,2-6,13H2,1H3. The van der Waals surface area contributed by atoms with Crippen LogP contribution in [-0.2, 0) is 14.3 Å². The van der Waals surface area contributed by atoms with E-state index in [2.05, 4.69) is 0 Å². The monoisotopic (exact) mass is 238 g/mol. The molecule has 0 radical (unpaired) electrons. The van der Waals surface area contributed by atoms with Crippen LogP contribution in [0.5, 0.6) is 0 Å². The molecular weight excluding hydrogens is 220 g/mol. The third-order valence-corrected chi connectivity index (χ3v) is 4.39. The molecule has 5 nitrogen and oxygen atoms in total. The van der Waals surface area contributed by atoms with E-state index in [0.29, 0.717) is 25.3 Å². The van der Waals surface area contributed by atoms with Gasteiger partial charge in [-0.25, -0.2) is 0 Å². The molecule has 2 bridgehead atoms. The van der Waals surface area contributed by atoms with E-state index in [9.17, 15) is 9.59 Å². The molecule has 2 saturated heterocycles. The van der Waals surface area contributed by atoms with Crippen LogP contribution in [0, 0.1) is 5.92 Å². The first-order valence-electron chi connectivity index (χ1n) is 6.31. The number of ether oxygens (including phenoxy) is 1. The highest BCUT2D eigenvalue weighted by Gasteiger charge is 2.56. The Balaban J connectivity index is 1.95. The van der Waals surface area contributed by atoms with Crippen molar-refractivity contribution in [2.24, 2.45) is 11.7 Å². The molecule has 1 saturated carbocycles. The summed E-state index contributed by atoms with van der Waals surface area (Å²) in [4.78, 5) is 25.9. The molecule has 94 valence electrons. The van der Waals surface area contributed by atoms with Gasteiger partial charge in [-0.2, -0.15) is 0 Å². The van der Waals surface area contributed by atoms with Crippen LogP contribution in [0.15, 0.2) is 0 Å². The quantitative estimate of drug-likeness (QED) is 0.704. The first-order valence-corrected chi connectivity index (χ1v) is 6.31. The normalized spacial score (nSPS) is 36.2. The molecule has 5 heteroatoms. The number of rotatable bonds is 3. The van der Waals surface area contributed by atoms with Crippen molar-refractivity contribution in [2.45, 2.75) is 50.4 Å². The van der Waals surface area contributed by atoms with Gasteiger partial charge in [-0.3, -0.25) is 14.5 Å². The minimum absolute atomic E-state index is 0.177. The average molecular weight is 238 g/mol. The summed E-state index contributed by atoms with van der Waals surface area (Å²) < 4.78 is 5.41. The number of hydrogen-bond acceptors (Lipinski definition) is 4. The lowest BCUT2D eigenvalue weighted by molar-refractivity contribution is -0.176. The maximum Gasteiger partial charge on any atom is 0.258 e. The number of nitrogens with two attached hydrogens (primary N) is 1. The van der Waals surface area contributed by atoms with Crippen molar-refractivity contribution >= 4 is 11.8 Å². The van der Waals surface area contributed by atoms with Gasteiger partial charge in [0.1, 0.15) is 12.2 Å². The van der Waals surface area contributed by atoms with E-state index in [4.69, 9.17) is 10.5 Å². The zero-order valence-electron chi connectivity index (χ0n) is 10.0. The molecular formula is C12H18N2O3. The van der Waals surface area contributed by atoms with E-state index >= 15 is 0 Å². The molecule has 1 aliphatic carbocycles. The molecule has 0 aromatic heterocycles. The van der Waals surface area contributed by atoms with Gasteiger partial charge in [-0.1, -0.05) is 0 Å². The van der Waals surface area contributed by atoms with E-state index in [0.717, 1.165) is 12.8 Å². The number of likely N-dealkylation sites (tertiary alicyclic amines) is 1. The molecule has 3 rings (SSSR count). The van der Waals surface area contributed by atoms with Crippen LogP contribution in [0.2, 0.25) is 0 Å². The third-order valence-electron chi connectivity index (χ3n) is 4.39. The summed E-state index contributed by atoms with van der Waals surface area (Å²) in [5.74, 6) is 0.0186. The number of carbonyl (C=O) groups excluding carboxylic acids is 2. The van der Waals surface area contributed by atoms with Gasteiger partial charge in [0.05, 0.1) is 5.54 Å². The zero-order chi connectivity index (χ0) is 12.2. The van der Waals surface area contributed by atoms with E-state index in [1.807, 2.05) is 6.92 Å². The van der Waals surface area contributed by atoms with Crippen molar-refractivity contribution in [1.29, 1.82) is 0 Å². The molecule has 0 aromatic carbocycles. The van der Waals surface area contributed by atoms with Crippen LogP contribution < -0.4 is 5.73 Å². The Hall–Kier alpha value is -0.940. The smallest absolute Gasteiger partial charge is 0.258 e. The number of imide groups is 1. The number of amides is 2. The number of fused-ring (bicyclic) bond motifs is 2. The lowest BCUT2D eigenvalue weighted by Crippen LogP contribution is -2.64. The molecule has 2 heterocycles. The average Bonchev–Trinajstić information content (AvgIpc) is 3.07. The van der Waals surface area contributed by atoms with Crippen LogP contribution in [0.4, 0.5) is 0 Å². The molecule has 3 fully saturated rings. The van der Waals surface area contributed by atoms with Gasteiger partial charge in [0.2, 0.25) is 0 Å². The van der Waals surface area contributed by atoms with Gasteiger partial charge in [0.15, 0.2) is 0 Å². The zero-order valence-corrected chi connectivity index (χ0v) is 10.0. The Morgan fingerprint density at radius 3 is 2.18 bits per heavy atom. The molecule has 17 heavy (non-hydrogen) atoms. The molecule has 3 aliphatic rings. The summed E-state index contributed by atoms with van der Waals surface area (Å²) in [5.41, 5.74) is 5.33. The number of carbonyl (C=O) groups is 2. The predicted octanol–water partition coefficient (Wildman–Crippen LogP) is 0.0302. The second kappa shape index (κ2) is 3.53. The van der Waals surface area contributed by atoms with Crippen molar-refractivity contribution in [3.8, 4) is 0 Å². The molecule has 3 unspecified atom stereocenters. The minimum atomic E-state index is -0.501. The Bertz CT molecular complexity index is 358. The van der Waals surface area contributed by atoms with Crippen molar-refractivity contribution < 1.29 is 14.3 Å². The fourth-order valence-electron chi connectivity index (χ4n) is 3.05. The number of hydrogen-bond donors (Lipinski definition) is 1. The molecule has 0 aromatic rings. The van der Waals surface area contributed by atoms with Crippen molar-refractivity contribution in [1.82, 2.24) is 4.90 Å². The van der Waals surface area contributed by atoms with E-state index < -0.39 is 17.7 Å². The predicted molar refractivity (Wildman–Crippen MR) is 59.9 cm³/mol. The second-order valence-electron chi connectivity index (χ2n) is 5.54. The highest BCUT2D eigenvalue weighted by atomic mass is 16.5. The van der Waals surface area contributed by atoms with Crippen molar-refractivity contribution in [2.75, 3.05) is 6.54 Å². The van der Waals surface area contributed by atoms with Gasteiger partial charge in [-0.15, -0.1) is 0 Å². The SMILES string of the molecule is CC(CN)(C1CC1)N1C(=O)C2CCC(O2)C1=O. The minimum Gasteiger partial charge on any atom is -0.355 e. The van der Waals surface area contributed by atoms with Crippen molar-refractivity contribution in [3.05, 3.63) is 0 Å². The van der Waals surface area contributed by atoms with Crippen LogP contribution in [0.25, 0.3) is 0 Å². The highest BCUT2D eigenvalue weighted by Crippen LogP contribution is 2.45. The fraction of sp³-hybridized carbons (Fsp3) is 0.833. The molecule has 2 amide bonds. The van der Waals surface area contributed by atoms with Crippen LogP contribution in [0.3, 0.4) is 0 Å².